The Bertz CT molecular complexity index is 487. The first-order chi connectivity index (χ1) is 19.5. The van der Waals surface area contributed by atoms with Crippen molar-refractivity contribution in [2.24, 2.45) is 11.8 Å². The van der Waals surface area contributed by atoms with Gasteiger partial charge in [-0.15, -0.1) is 6.58 Å². The fourth-order valence-electron chi connectivity index (χ4n) is 6.63. The van der Waals surface area contributed by atoms with E-state index >= 15 is 0 Å². The Morgan fingerprint density at radius 3 is 1.00 bits per heavy atom. The Kier molecular flexibility index (Phi) is 30.9. The number of hydrogen-bond acceptors (Lipinski definition) is 1. The Morgan fingerprint density at radius 2 is 0.700 bits per heavy atom. The van der Waals surface area contributed by atoms with Crippen molar-refractivity contribution in [1.82, 2.24) is 0 Å². The molecule has 2 atom stereocenters. The SMILES string of the molecule is C=C(C)CCCCCCCC(CCCCCCCCC)C(CCCCCCCCC)CCCCCCCC(C)=O. The lowest BCUT2D eigenvalue weighted by molar-refractivity contribution is -0.117. The van der Waals surface area contributed by atoms with Gasteiger partial charge in [-0.3, -0.25) is 0 Å². The van der Waals surface area contributed by atoms with E-state index in [-0.39, 0.29) is 0 Å². The second-order valence-corrected chi connectivity index (χ2v) is 13.6. The third kappa shape index (κ3) is 28.9. The zero-order valence-corrected chi connectivity index (χ0v) is 28.5. The van der Waals surface area contributed by atoms with E-state index < -0.39 is 0 Å². The van der Waals surface area contributed by atoms with Crippen LogP contribution in [0.5, 0.6) is 0 Å². The number of Topliss-reactive ketones (excluding diaryl/α,β-unsaturated/α-hetero) is 1. The van der Waals surface area contributed by atoms with E-state index in [1.165, 1.54) is 185 Å². The molecule has 0 radical (unpaired) electrons. The lowest BCUT2D eigenvalue weighted by Gasteiger charge is -2.28. The number of allylic oxidation sites excluding steroid dienone is 1. The molecule has 0 amide bonds. The highest BCUT2D eigenvalue weighted by molar-refractivity contribution is 5.75. The van der Waals surface area contributed by atoms with Gasteiger partial charge < -0.3 is 4.79 Å². The Morgan fingerprint density at radius 1 is 0.425 bits per heavy atom. The van der Waals surface area contributed by atoms with Crippen LogP contribution in [0.4, 0.5) is 0 Å². The highest BCUT2D eigenvalue weighted by atomic mass is 16.1. The van der Waals surface area contributed by atoms with Crippen LogP contribution in [-0.2, 0) is 4.79 Å². The molecule has 0 aliphatic rings. The van der Waals surface area contributed by atoms with E-state index in [0.717, 1.165) is 24.7 Å². The van der Waals surface area contributed by atoms with Crippen LogP contribution in [0.3, 0.4) is 0 Å². The normalized spacial score (nSPS) is 13.0. The van der Waals surface area contributed by atoms with Crippen LogP contribution < -0.4 is 0 Å². The van der Waals surface area contributed by atoms with Crippen molar-refractivity contribution in [3.05, 3.63) is 12.2 Å². The molecule has 0 N–H and O–H groups in total. The fraction of sp³-hybridized carbons (Fsp3) is 0.923. The molecule has 1 heteroatoms. The smallest absolute Gasteiger partial charge is 0.129 e. The van der Waals surface area contributed by atoms with Gasteiger partial charge in [-0.05, 0) is 44.9 Å². The van der Waals surface area contributed by atoms with Crippen LogP contribution in [0.2, 0.25) is 0 Å². The topological polar surface area (TPSA) is 17.1 Å². The van der Waals surface area contributed by atoms with Crippen LogP contribution in [0.25, 0.3) is 0 Å². The molecule has 1 nitrogen and oxygen atoms in total. The van der Waals surface area contributed by atoms with Gasteiger partial charge >= 0.3 is 0 Å². The predicted molar refractivity (Wildman–Crippen MR) is 182 cm³/mol. The van der Waals surface area contributed by atoms with Gasteiger partial charge in [-0.2, -0.15) is 0 Å². The van der Waals surface area contributed by atoms with Gasteiger partial charge in [-0.1, -0.05) is 186 Å². The van der Waals surface area contributed by atoms with E-state index in [2.05, 4.69) is 27.4 Å². The van der Waals surface area contributed by atoms with Gasteiger partial charge in [0, 0.05) is 6.42 Å². The van der Waals surface area contributed by atoms with Gasteiger partial charge in [0.1, 0.15) is 5.78 Å². The van der Waals surface area contributed by atoms with Crippen molar-refractivity contribution in [1.29, 1.82) is 0 Å². The number of carbonyl (C=O) groups excluding carboxylic acids is 1. The second kappa shape index (κ2) is 31.3. The van der Waals surface area contributed by atoms with Gasteiger partial charge in [0.15, 0.2) is 0 Å². The van der Waals surface area contributed by atoms with Crippen molar-refractivity contribution < 1.29 is 4.79 Å². The molecule has 0 aromatic rings. The minimum Gasteiger partial charge on any atom is -0.300 e. The third-order valence-electron chi connectivity index (χ3n) is 9.31. The average molecular weight is 561 g/mol. The number of rotatable bonds is 33. The fourth-order valence-corrected chi connectivity index (χ4v) is 6.63. The molecule has 0 aromatic carbocycles. The molecule has 0 heterocycles. The van der Waals surface area contributed by atoms with Crippen LogP contribution in [-0.4, -0.2) is 5.78 Å². The molecule has 0 rings (SSSR count). The standard InChI is InChI=1S/C39H76O/c1-6-8-10-12-14-20-26-32-38(34-28-22-16-18-24-30-36(3)4)39(33-27-21-15-13-11-9-7-2)35-29-23-17-19-25-31-37(5)40/h38-39H,3,6-35H2,1-2,4-5H3. The maximum atomic E-state index is 11.3. The van der Waals surface area contributed by atoms with Crippen molar-refractivity contribution in [2.75, 3.05) is 0 Å². The lowest BCUT2D eigenvalue weighted by atomic mass is 9.78. The molecule has 0 aromatic heterocycles. The molecule has 40 heavy (non-hydrogen) atoms. The first-order valence-corrected chi connectivity index (χ1v) is 18.6. The highest BCUT2D eigenvalue weighted by Gasteiger charge is 2.20. The first kappa shape index (κ1) is 39.4. The van der Waals surface area contributed by atoms with Crippen LogP contribution in [0.1, 0.15) is 220 Å². The molecule has 0 fully saturated rings. The summed E-state index contributed by atoms with van der Waals surface area (Å²) in [6.07, 6.45) is 41.5. The molecule has 0 aliphatic heterocycles. The van der Waals surface area contributed by atoms with Crippen molar-refractivity contribution >= 4 is 5.78 Å². The van der Waals surface area contributed by atoms with E-state index in [4.69, 9.17) is 0 Å². The monoisotopic (exact) mass is 561 g/mol. The largest absolute Gasteiger partial charge is 0.300 e. The molecule has 0 saturated heterocycles. The quantitative estimate of drug-likeness (QED) is 0.0576. The summed E-state index contributed by atoms with van der Waals surface area (Å²) in [5.74, 6) is 2.28. The lowest BCUT2D eigenvalue weighted by Crippen LogP contribution is -2.16. The van der Waals surface area contributed by atoms with Crippen LogP contribution in [0, 0.1) is 11.8 Å². The summed E-state index contributed by atoms with van der Waals surface area (Å²) in [5, 5.41) is 0. The number of carbonyl (C=O) groups is 1. The summed E-state index contributed by atoms with van der Waals surface area (Å²) in [7, 11) is 0. The van der Waals surface area contributed by atoms with E-state index in [9.17, 15) is 4.79 Å². The predicted octanol–water partition coefficient (Wildman–Crippen LogP) is 14.1. The maximum Gasteiger partial charge on any atom is 0.129 e. The summed E-state index contributed by atoms with van der Waals surface area (Å²) in [6.45, 7) is 12.6. The van der Waals surface area contributed by atoms with Crippen molar-refractivity contribution in [3.8, 4) is 0 Å². The first-order valence-electron chi connectivity index (χ1n) is 18.6. The molecule has 0 aliphatic carbocycles. The Balaban J connectivity index is 4.78. The molecule has 0 bridgehead atoms. The average Bonchev–Trinajstić information content (AvgIpc) is 2.92. The molecule has 0 spiro atoms. The summed E-state index contributed by atoms with van der Waals surface area (Å²) in [4.78, 5) is 11.3. The highest BCUT2D eigenvalue weighted by Crippen LogP contribution is 2.34. The maximum absolute atomic E-state index is 11.3. The number of unbranched alkanes of at least 4 members (excludes halogenated alkanes) is 20. The number of hydrogen-bond donors (Lipinski definition) is 0. The minimum atomic E-state index is 0.360. The minimum absolute atomic E-state index is 0.360. The summed E-state index contributed by atoms with van der Waals surface area (Å²) < 4.78 is 0. The number of ketones is 1. The van der Waals surface area contributed by atoms with Crippen LogP contribution >= 0.6 is 0 Å². The third-order valence-corrected chi connectivity index (χ3v) is 9.31. The molecular weight excluding hydrogens is 484 g/mol. The summed E-state index contributed by atoms with van der Waals surface area (Å²) in [5.41, 5.74) is 1.35. The van der Waals surface area contributed by atoms with E-state index in [0.29, 0.717) is 5.78 Å². The van der Waals surface area contributed by atoms with Gasteiger partial charge in [-0.25, -0.2) is 0 Å². The van der Waals surface area contributed by atoms with E-state index in [1.54, 1.807) is 6.92 Å². The summed E-state index contributed by atoms with van der Waals surface area (Å²) in [6, 6.07) is 0. The Labute approximate surface area is 254 Å². The summed E-state index contributed by atoms with van der Waals surface area (Å²) >= 11 is 0. The zero-order valence-electron chi connectivity index (χ0n) is 28.5. The van der Waals surface area contributed by atoms with Crippen molar-refractivity contribution in [3.63, 3.8) is 0 Å². The van der Waals surface area contributed by atoms with Crippen LogP contribution in [0.15, 0.2) is 12.2 Å². The van der Waals surface area contributed by atoms with Gasteiger partial charge in [0.2, 0.25) is 0 Å². The molecule has 2 unspecified atom stereocenters. The molecule has 0 saturated carbocycles. The van der Waals surface area contributed by atoms with E-state index in [1.807, 2.05) is 0 Å². The molecule has 238 valence electrons. The van der Waals surface area contributed by atoms with Crippen molar-refractivity contribution in [2.45, 2.75) is 220 Å². The molecular formula is C39H76O. The second-order valence-electron chi connectivity index (χ2n) is 13.6. The Hall–Kier alpha value is -0.590. The zero-order chi connectivity index (χ0) is 29.5. The van der Waals surface area contributed by atoms with Gasteiger partial charge in [0.25, 0.3) is 0 Å². The van der Waals surface area contributed by atoms with Gasteiger partial charge in [0.05, 0.1) is 0 Å².